The molecule has 2 nitrogen and oxygen atoms in total. The minimum atomic E-state index is -0.318. The van der Waals surface area contributed by atoms with Gasteiger partial charge in [0.2, 0.25) is 0 Å². The highest BCUT2D eigenvalue weighted by molar-refractivity contribution is 5.32. The number of ether oxygens (including phenoxy) is 1. The zero-order chi connectivity index (χ0) is 13.4. The monoisotopic (exact) mass is 253 g/mol. The molecular formula is C15H24FNO. The molecule has 0 fully saturated rings. The maximum Gasteiger partial charge on any atom is 0.169 e. The van der Waals surface area contributed by atoms with Crippen molar-refractivity contribution in [2.75, 3.05) is 7.11 Å². The molecule has 0 amide bonds. The molecular weight excluding hydrogens is 229 g/mol. The van der Waals surface area contributed by atoms with E-state index in [0.717, 1.165) is 12.8 Å². The van der Waals surface area contributed by atoms with Crippen LogP contribution in [-0.4, -0.2) is 7.11 Å². The number of rotatable bonds is 8. The van der Waals surface area contributed by atoms with Crippen LogP contribution in [0.5, 0.6) is 5.75 Å². The van der Waals surface area contributed by atoms with Gasteiger partial charge in [-0.25, -0.2) is 4.39 Å². The van der Waals surface area contributed by atoms with E-state index < -0.39 is 0 Å². The van der Waals surface area contributed by atoms with Crippen LogP contribution in [0.25, 0.3) is 0 Å². The van der Waals surface area contributed by atoms with Crippen LogP contribution in [0.15, 0.2) is 18.2 Å². The SMILES string of the molecule is CCCCCCCC(N)c1cccc(OC)c1F. The van der Waals surface area contributed by atoms with Crippen LogP contribution in [-0.2, 0) is 0 Å². The lowest BCUT2D eigenvalue weighted by molar-refractivity contribution is 0.381. The maximum atomic E-state index is 13.9. The van der Waals surface area contributed by atoms with Gasteiger partial charge in [-0.2, -0.15) is 0 Å². The van der Waals surface area contributed by atoms with Crippen molar-refractivity contribution in [3.8, 4) is 5.75 Å². The highest BCUT2D eigenvalue weighted by atomic mass is 19.1. The third kappa shape index (κ3) is 4.30. The van der Waals surface area contributed by atoms with E-state index in [9.17, 15) is 4.39 Å². The van der Waals surface area contributed by atoms with E-state index in [1.54, 1.807) is 18.2 Å². The van der Waals surface area contributed by atoms with Crippen molar-refractivity contribution in [2.45, 2.75) is 51.5 Å². The summed E-state index contributed by atoms with van der Waals surface area (Å²) in [5, 5.41) is 0. The summed E-state index contributed by atoms with van der Waals surface area (Å²) in [4.78, 5) is 0. The first-order valence-corrected chi connectivity index (χ1v) is 6.78. The third-order valence-electron chi connectivity index (χ3n) is 3.23. The average Bonchev–Trinajstić information content (AvgIpc) is 2.38. The molecule has 0 radical (unpaired) electrons. The number of methoxy groups -OCH3 is 1. The molecule has 1 aromatic carbocycles. The Morgan fingerprint density at radius 3 is 2.61 bits per heavy atom. The molecule has 1 aromatic rings. The van der Waals surface area contributed by atoms with Crippen molar-refractivity contribution in [2.24, 2.45) is 5.73 Å². The molecule has 0 spiro atoms. The van der Waals surface area contributed by atoms with Gasteiger partial charge in [0.05, 0.1) is 7.11 Å². The Balaban J connectivity index is 2.48. The van der Waals surface area contributed by atoms with Gasteiger partial charge in [0.15, 0.2) is 11.6 Å². The van der Waals surface area contributed by atoms with Crippen LogP contribution < -0.4 is 10.5 Å². The van der Waals surface area contributed by atoms with Crippen LogP contribution in [0.2, 0.25) is 0 Å². The van der Waals surface area contributed by atoms with Crippen LogP contribution >= 0.6 is 0 Å². The number of halogens is 1. The lowest BCUT2D eigenvalue weighted by Gasteiger charge is -2.14. The molecule has 0 saturated carbocycles. The zero-order valence-electron chi connectivity index (χ0n) is 11.4. The molecule has 102 valence electrons. The second-order valence-electron chi connectivity index (χ2n) is 4.67. The highest BCUT2D eigenvalue weighted by Gasteiger charge is 2.14. The summed E-state index contributed by atoms with van der Waals surface area (Å²) in [7, 11) is 1.47. The molecule has 0 aliphatic heterocycles. The fourth-order valence-corrected chi connectivity index (χ4v) is 2.10. The molecule has 2 N–H and O–H groups in total. The van der Waals surface area contributed by atoms with Crippen LogP contribution in [0, 0.1) is 5.82 Å². The molecule has 1 atom stereocenters. The summed E-state index contributed by atoms with van der Waals surface area (Å²) in [6.07, 6.45) is 6.79. The van der Waals surface area contributed by atoms with Gasteiger partial charge >= 0.3 is 0 Å². The van der Waals surface area contributed by atoms with Gasteiger partial charge in [0, 0.05) is 11.6 Å². The lowest BCUT2D eigenvalue weighted by atomic mass is 10.00. The summed E-state index contributed by atoms with van der Waals surface area (Å²) in [6, 6.07) is 4.91. The smallest absolute Gasteiger partial charge is 0.169 e. The summed E-state index contributed by atoms with van der Waals surface area (Å²) >= 11 is 0. The Morgan fingerprint density at radius 1 is 1.22 bits per heavy atom. The molecule has 0 aliphatic rings. The maximum absolute atomic E-state index is 13.9. The minimum Gasteiger partial charge on any atom is -0.494 e. The molecule has 18 heavy (non-hydrogen) atoms. The molecule has 0 saturated heterocycles. The van der Waals surface area contributed by atoms with E-state index in [0.29, 0.717) is 5.56 Å². The van der Waals surface area contributed by atoms with Crippen LogP contribution in [0.1, 0.15) is 57.1 Å². The number of unbranched alkanes of at least 4 members (excludes halogenated alkanes) is 4. The van der Waals surface area contributed by atoms with Gasteiger partial charge in [0.1, 0.15) is 0 Å². The Bertz CT molecular complexity index is 354. The van der Waals surface area contributed by atoms with Gasteiger partial charge in [-0.3, -0.25) is 0 Å². The summed E-state index contributed by atoms with van der Waals surface area (Å²) in [6.45, 7) is 2.19. The third-order valence-corrected chi connectivity index (χ3v) is 3.23. The Hall–Kier alpha value is -1.09. The zero-order valence-corrected chi connectivity index (χ0v) is 11.4. The van der Waals surface area contributed by atoms with Crippen molar-refractivity contribution >= 4 is 0 Å². The lowest BCUT2D eigenvalue weighted by Crippen LogP contribution is -2.12. The molecule has 1 unspecified atom stereocenters. The van der Waals surface area contributed by atoms with Gasteiger partial charge in [-0.1, -0.05) is 51.2 Å². The van der Waals surface area contributed by atoms with E-state index in [1.807, 2.05) is 0 Å². The molecule has 0 aromatic heterocycles. The Labute approximate surface area is 109 Å². The van der Waals surface area contributed by atoms with E-state index in [-0.39, 0.29) is 17.6 Å². The molecule has 0 bridgehead atoms. The first kappa shape index (κ1) is 15.0. The predicted octanol–water partition coefficient (Wildman–Crippen LogP) is 4.19. The first-order valence-electron chi connectivity index (χ1n) is 6.78. The fraction of sp³-hybridized carbons (Fsp3) is 0.600. The van der Waals surface area contributed by atoms with Crippen molar-refractivity contribution in [3.63, 3.8) is 0 Å². The Kier molecular flexibility index (Phi) is 6.73. The molecule has 1 rings (SSSR count). The second kappa shape index (κ2) is 8.09. The van der Waals surface area contributed by atoms with Crippen LogP contribution in [0.3, 0.4) is 0 Å². The van der Waals surface area contributed by atoms with E-state index in [4.69, 9.17) is 10.5 Å². The van der Waals surface area contributed by atoms with E-state index in [2.05, 4.69) is 6.92 Å². The van der Waals surface area contributed by atoms with Crippen molar-refractivity contribution in [1.82, 2.24) is 0 Å². The number of benzene rings is 1. The van der Waals surface area contributed by atoms with Crippen molar-refractivity contribution in [3.05, 3.63) is 29.6 Å². The van der Waals surface area contributed by atoms with Crippen LogP contribution in [0.4, 0.5) is 4.39 Å². The van der Waals surface area contributed by atoms with Gasteiger partial charge in [0.25, 0.3) is 0 Å². The number of hydrogen-bond donors (Lipinski definition) is 1. The number of hydrogen-bond acceptors (Lipinski definition) is 2. The van der Waals surface area contributed by atoms with Crippen molar-refractivity contribution < 1.29 is 9.13 Å². The summed E-state index contributed by atoms with van der Waals surface area (Å²) in [5.41, 5.74) is 6.60. The van der Waals surface area contributed by atoms with Gasteiger partial charge < -0.3 is 10.5 Å². The van der Waals surface area contributed by atoms with E-state index in [1.165, 1.54) is 32.8 Å². The highest BCUT2D eigenvalue weighted by Crippen LogP contribution is 2.26. The topological polar surface area (TPSA) is 35.2 Å². The quantitative estimate of drug-likeness (QED) is 0.705. The predicted molar refractivity (Wildman–Crippen MR) is 73.3 cm³/mol. The summed E-state index contributed by atoms with van der Waals surface area (Å²) < 4.78 is 18.9. The minimum absolute atomic E-state index is 0.235. The Morgan fingerprint density at radius 2 is 1.94 bits per heavy atom. The second-order valence-corrected chi connectivity index (χ2v) is 4.67. The van der Waals surface area contributed by atoms with Gasteiger partial charge in [-0.05, 0) is 12.5 Å². The fourth-order valence-electron chi connectivity index (χ4n) is 2.10. The summed E-state index contributed by atoms with van der Waals surface area (Å²) in [5.74, 6) is -0.0463. The molecule has 0 heterocycles. The van der Waals surface area contributed by atoms with E-state index >= 15 is 0 Å². The van der Waals surface area contributed by atoms with Gasteiger partial charge in [-0.15, -0.1) is 0 Å². The normalized spacial score (nSPS) is 12.4. The number of nitrogens with two attached hydrogens (primary N) is 1. The molecule has 3 heteroatoms. The largest absolute Gasteiger partial charge is 0.494 e. The van der Waals surface area contributed by atoms with Crippen molar-refractivity contribution in [1.29, 1.82) is 0 Å². The first-order chi connectivity index (χ1) is 8.70. The molecule has 0 aliphatic carbocycles. The average molecular weight is 253 g/mol. The standard InChI is InChI=1S/C15H24FNO/c1-3-4-5-6-7-10-13(17)12-9-8-11-14(18-2)15(12)16/h8-9,11,13H,3-7,10,17H2,1-2H3.